The van der Waals surface area contributed by atoms with Gasteiger partial charge in [-0.1, -0.05) is 30.3 Å². The second-order valence-corrected chi connectivity index (χ2v) is 6.47. The lowest BCUT2D eigenvalue weighted by Gasteiger charge is -2.19. The Morgan fingerprint density at radius 1 is 1.07 bits per heavy atom. The largest absolute Gasteiger partial charge is 0.507 e. The van der Waals surface area contributed by atoms with Gasteiger partial charge in [-0.2, -0.15) is 8.78 Å². The minimum atomic E-state index is -2.96. The van der Waals surface area contributed by atoms with Crippen LogP contribution in [0.3, 0.4) is 0 Å². The van der Waals surface area contributed by atoms with E-state index in [1.807, 2.05) is 24.3 Å². The van der Waals surface area contributed by atoms with Crippen LogP contribution in [0.2, 0.25) is 0 Å². The number of phenolic OH excluding ortho intramolecular Hbond substituents is 1. The molecule has 3 aromatic rings. The van der Waals surface area contributed by atoms with E-state index in [0.717, 1.165) is 10.8 Å². The molecule has 0 spiro atoms. The Hall–Kier alpha value is -3.35. The number of hydrogen-bond acceptors (Lipinski definition) is 4. The van der Waals surface area contributed by atoms with E-state index >= 15 is 0 Å². The molecule has 3 aromatic carbocycles. The number of carbonyl (C=O) groups is 1. The fourth-order valence-corrected chi connectivity index (χ4v) is 3.06. The van der Waals surface area contributed by atoms with Gasteiger partial charge in [-0.3, -0.25) is 4.79 Å². The number of phenols is 1. The molecule has 7 heteroatoms. The number of hydrogen-bond donors (Lipinski definition) is 1. The second kappa shape index (κ2) is 8.77. The highest BCUT2D eigenvalue weighted by Gasteiger charge is 2.18. The first-order valence-electron chi connectivity index (χ1n) is 9.06. The van der Waals surface area contributed by atoms with E-state index in [9.17, 15) is 18.7 Å². The number of nitrogens with zero attached hydrogens (tertiary/aromatic N) is 1. The van der Waals surface area contributed by atoms with Crippen LogP contribution in [0.25, 0.3) is 10.8 Å². The summed E-state index contributed by atoms with van der Waals surface area (Å²) in [6.45, 7) is -0.750. The minimum Gasteiger partial charge on any atom is -0.507 e. The second-order valence-electron chi connectivity index (χ2n) is 6.47. The van der Waals surface area contributed by atoms with Gasteiger partial charge in [-0.15, -0.1) is 0 Å². The first-order valence-corrected chi connectivity index (χ1v) is 9.06. The van der Waals surface area contributed by atoms with Crippen LogP contribution in [0.1, 0.15) is 22.8 Å². The first-order chi connectivity index (χ1) is 13.9. The number of rotatable bonds is 7. The van der Waals surface area contributed by atoms with Crippen LogP contribution in [0.4, 0.5) is 8.78 Å². The van der Waals surface area contributed by atoms with Crippen molar-refractivity contribution in [1.82, 2.24) is 4.90 Å². The maximum Gasteiger partial charge on any atom is 0.387 e. The number of halogens is 2. The summed E-state index contributed by atoms with van der Waals surface area (Å²) in [4.78, 5) is 14.3. The summed E-state index contributed by atoms with van der Waals surface area (Å²) in [5.41, 5.74) is 0.861. The molecule has 0 fully saturated rings. The Labute approximate surface area is 167 Å². The van der Waals surface area contributed by atoms with Crippen molar-refractivity contribution in [2.45, 2.75) is 20.1 Å². The Morgan fingerprint density at radius 3 is 2.41 bits per heavy atom. The number of carbonyl (C=O) groups excluding carboxylic acids is 1. The number of ether oxygens (including phenoxy) is 2. The highest BCUT2D eigenvalue weighted by Crippen LogP contribution is 2.31. The van der Waals surface area contributed by atoms with Crippen LogP contribution < -0.4 is 9.47 Å². The van der Waals surface area contributed by atoms with Gasteiger partial charge in [0.05, 0.1) is 12.2 Å². The molecule has 0 aromatic heterocycles. The summed E-state index contributed by atoms with van der Waals surface area (Å²) < 4.78 is 34.9. The van der Waals surface area contributed by atoms with Crippen molar-refractivity contribution in [2.75, 3.05) is 13.7 Å². The van der Waals surface area contributed by atoms with Crippen LogP contribution in [-0.2, 0) is 6.54 Å². The molecule has 0 atom stereocenters. The van der Waals surface area contributed by atoms with Crippen LogP contribution >= 0.6 is 0 Å². The quantitative estimate of drug-likeness (QED) is 0.617. The summed E-state index contributed by atoms with van der Waals surface area (Å²) >= 11 is 0. The molecule has 0 saturated heterocycles. The maximum atomic E-state index is 12.8. The molecule has 0 aliphatic carbocycles. The summed E-state index contributed by atoms with van der Waals surface area (Å²) in [5, 5.41) is 11.9. The highest BCUT2D eigenvalue weighted by molar-refractivity contribution is 6.01. The predicted octanol–water partition coefficient (Wildman–Crippen LogP) is 4.82. The van der Waals surface area contributed by atoms with Gasteiger partial charge in [0.2, 0.25) is 0 Å². The zero-order chi connectivity index (χ0) is 21.0. The molecule has 152 valence electrons. The van der Waals surface area contributed by atoms with Crippen molar-refractivity contribution in [2.24, 2.45) is 0 Å². The number of amides is 1. The third-order valence-corrected chi connectivity index (χ3v) is 4.38. The SMILES string of the molecule is CCOc1cc(CN(C)C(=O)c2cc3ccccc3cc2O)ccc1OC(F)F. The van der Waals surface area contributed by atoms with E-state index in [4.69, 9.17) is 4.74 Å². The Bertz CT molecular complexity index is 1020. The minimum absolute atomic E-state index is 0.0632. The van der Waals surface area contributed by atoms with E-state index in [2.05, 4.69) is 4.74 Å². The fourth-order valence-electron chi connectivity index (χ4n) is 3.06. The van der Waals surface area contributed by atoms with Gasteiger partial charge in [0.1, 0.15) is 5.75 Å². The smallest absolute Gasteiger partial charge is 0.387 e. The topological polar surface area (TPSA) is 59.0 Å². The van der Waals surface area contributed by atoms with Gasteiger partial charge >= 0.3 is 6.61 Å². The molecule has 29 heavy (non-hydrogen) atoms. The summed E-state index contributed by atoms with van der Waals surface area (Å²) in [6.07, 6.45) is 0. The molecule has 0 saturated carbocycles. The van der Waals surface area contributed by atoms with Gasteiger partial charge in [0.15, 0.2) is 11.5 Å². The lowest BCUT2D eigenvalue weighted by Crippen LogP contribution is -2.26. The molecule has 0 aliphatic heterocycles. The molecule has 0 radical (unpaired) electrons. The number of fused-ring (bicyclic) bond motifs is 1. The molecule has 0 heterocycles. The third-order valence-electron chi connectivity index (χ3n) is 4.38. The van der Waals surface area contributed by atoms with Crippen molar-refractivity contribution >= 4 is 16.7 Å². The van der Waals surface area contributed by atoms with Crippen molar-refractivity contribution in [3.8, 4) is 17.2 Å². The predicted molar refractivity (Wildman–Crippen MR) is 106 cm³/mol. The van der Waals surface area contributed by atoms with Crippen LogP contribution in [0, 0.1) is 0 Å². The lowest BCUT2D eigenvalue weighted by molar-refractivity contribution is -0.0514. The molecule has 1 amide bonds. The third kappa shape index (κ3) is 4.74. The van der Waals surface area contributed by atoms with E-state index in [-0.39, 0.29) is 41.9 Å². The fraction of sp³-hybridized carbons (Fsp3) is 0.227. The molecular formula is C22H21F2NO4. The van der Waals surface area contributed by atoms with Crippen molar-refractivity contribution in [1.29, 1.82) is 0 Å². The summed E-state index contributed by atoms with van der Waals surface area (Å²) in [7, 11) is 1.60. The standard InChI is InChI=1S/C22H21F2NO4/c1-3-28-20-10-14(8-9-19(20)29-22(23)24)13-25(2)21(27)17-11-15-6-4-5-7-16(15)12-18(17)26/h4-12,22,26H,3,13H2,1-2H3. The zero-order valence-electron chi connectivity index (χ0n) is 16.1. The van der Waals surface area contributed by atoms with Gasteiger partial charge in [0.25, 0.3) is 5.91 Å². The van der Waals surface area contributed by atoms with Crippen molar-refractivity contribution < 1.29 is 28.2 Å². The van der Waals surface area contributed by atoms with Gasteiger partial charge < -0.3 is 19.5 Å². The van der Waals surface area contributed by atoms with E-state index in [1.165, 1.54) is 11.0 Å². The average molecular weight is 401 g/mol. The van der Waals surface area contributed by atoms with Crippen molar-refractivity contribution in [3.63, 3.8) is 0 Å². The molecule has 0 bridgehead atoms. The van der Waals surface area contributed by atoms with Crippen molar-refractivity contribution in [3.05, 3.63) is 65.7 Å². The van der Waals surface area contributed by atoms with Gasteiger partial charge in [0, 0.05) is 13.6 Å². The van der Waals surface area contributed by atoms with Crippen LogP contribution in [0.5, 0.6) is 17.2 Å². The first kappa shape index (κ1) is 20.4. The van der Waals surface area contributed by atoms with E-state index in [1.54, 1.807) is 38.2 Å². The summed E-state index contributed by atoms with van der Waals surface area (Å²) in [5.74, 6) is -0.346. The highest BCUT2D eigenvalue weighted by atomic mass is 19.3. The maximum absolute atomic E-state index is 12.8. The van der Waals surface area contributed by atoms with Gasteiger partial charge in [-0.05, 0) is 47.5 Å². The Balaban J connectivity index is 1.82. The molecule has 1 N–H and O–H groups in total. The monoisotopic (exact) mass is 401 g/mol. The molecule has 3 rings (SSSR count). The zero-order valence-corrected chi connectivity index (χ0v) is 16.1. The van der Waals surface area contributed by atoms with Crippen LogP contribution in [0.15, 0.2) is 54.6 Å². The van der Waals surface area contributed by atoms with Crippen LogP contribution in [-0.4, -0.2) is 36.2 Å². The molecule has 5 nitrogen and oxygen atoms in total. The summed E-state index contributed by atoms with van der Waals surface area (Å²) in [6, 6.07) is 15.2. The Kier molecular flexibility index (Phi) is 6.16. The molecule has 0 aliphatic rings. The molecule has 0 unspecified atom stereocenters. The van der Waals surface area contributed by atoms with Gasteiger partial charge in [-0.25, -0.2) is 0 Å². The van der Waals surface area contributed by atoms with E-state index in [0.29, 0.717) is 5.56 Å². The lowest BCUT2D eigenvalue weighted by atomic mass is 10.0. The average Bonchev–Trinajstić information content (AvgIpc) is 2.68. The molecular weight excluding hydrogens is 380 g/mol. The number of alkyl halides is 2. The Morgan fingerprint density at radius 2 is 1.76 bits per heavy atom. The van der Waals surface area contributed by atoms with E-state index < -0.39 is 6.61 Å². The number of benzene rings is 3. The number of aromatic hydroxyl groups is 1. The normalized spacial score (nSPS) is 10.9.